The molecule has 3 aromatic rings. The molecule has 5 nitrogen and oxygen atoms in total. The number of aromatic amines is 1. The van der Waals surface area contributed by atoms with Crippen molar-refractivity contribution >= 4 is 66.4 Å². The number of benzene rings is 2. The first-order chi connectivity index (χ1) is 11.0. The van der Waals surface area contributed by atoms with Crippen LogP contribution in [0.15, 0.2) is 28.7 Å². The van der Waals surface area contributed by atoms with E-state index >= 15 is 0 Å². The molecule has 1 amide bonds. The molecular formula is C16H13BrIN3O2. The van der Waals surface area contributed by atoms with Gasteiger partial charge in [-0.3, -0.25) is 4.90 Å². The largest absolute Gasteiger partial charge is 0.465 e. The number of carbonyl (C=O) groups is 1. The van der Waals surface area contributed by atoms with Gasteiger partial charge < -0.3 is 10.1 Å². The normalized spacial score (nSPS) is 18.2. The number of amides is 1. The van der Waals surface area contributed by atoms with Crippen LogP contribution in [0.3, 0.4) is 0 Å². The molecule has 1 fully saturated rings. The van der Waals surface area contributed by atoms with Gasteiger partial charge in [0.15, 0.2) is 0 Å². The van der Waals surface area contributed by atoms with E-state index in [2.05, 4.69) is 60.6 Å². The minimum Gasteiger partial charge on any atom is -0.465 e. The molecule has 0 saturated carbocycles. The van der Waals surface area contributed by atoms with Crippen LogP contribution in [-0.2, 0) is 0 Å². The number of halogens is 2. The van der Waals surface area contributed by atoms with Crippen molar-refractivity contribution in [2.45, 2.75) is 18.9 Å². The van der Waals surface area contributed by atoms with Crippen molar-refractivity contribution < 1.29 is 9.90 Å². The second-order valence-electron chi connectivity index (χ2n) is 5.70. The zero-order valence-electron chi connectivity index (χ0n) is 12.0. The minimum atomic E-state index is -0.878. The molecule has 0 aliphatic carbocycles. The number of nitrogens with zero attached hydrogens (tertiary/aromatic N) is 2. The third-order valence-electron chi connectivity index (χ3n) is 4.34. The fourth-order valence-corrected chi connectivity index (χ4v) is 4.39. The fourth-order valence-electron chi connectivity index (χ4n) is 3.28. The van der Waals surface area contributed by atoms with E-state index in [-0.39, 0.29) is 6.04 Å². The smallest absolute Gasteiger partial charge is 0.407 e. The van der Waals surface area contributed by atoms with E-state index in [1.54, 1.807) is 0 Å². The van der Waals surface area contributed by atoms with E-state index < -0.39 is 6.09 Å². The number of fused-ring (bicyclic) bond motifs is 3. The lowest BCUT2D eigenvalue weighted by atomic mass is 10.1. The summed E-state index contributed by atoms with van der Waals surface area (Å²) < 4.78 is 2.17. The summed E-state index contributed by atoms with van der Waals surface area (Å²) in [6.45, 7) is 0.572. The Kier molecular flexibility index (Phi) is 3.72. The predicted molar refractivity (Wildman–Crippen MR) is 101 cm³/mol. The van der Waals surface area contributed by atoms with Gasteiger partial charge in [0, 0.05) is 20.0 Å². The Morgan fingerprint density at radius 3 is 3.00 bits per heavy atom. The number of carboxylic acid groups (broad SMARTS) is 1. The molecule has 1 aromatic heterocycles. The Morgan fingerprint density at radius 2 is 2.22 bits per heavy atom. The van der Waals surface area contributed by atoms with Gasteiger partial charge in [-0.05, 0) is 59.0 Å². The van der Waals surface area contributed by atoms with E-state index in [9.17, 15) is 9.90 Å². The summed E-state index contributed by atoms with van der Waals surface area (Å²) in [7, 11) is 0. The van der Waals surface area contributed by atoms with Gasteiger partial charge in [-0.2, -0.15) is 0 Å². The van der Waals surface area contributed by atoms with Gasteiger partial charge in [-0.1, -0.05) is 22.0 Å². The maximum Gasteiger partial charge on any atom is 0.407 e. The van der Waals surface area contributed by atoms with Crippen LogP contribution in [0.25, 0.3) is 21.8 Å². The first kappa shape index (κ1) is 15.2. The van der Waals surface area contributed by atoms with Crippen LogP contribution >= 0.6 is 38.5 Å². The van der Waals surface area contributed by atoms with Crippen molar-refractivity contribution in [3.63, 3.8) is 0 Å². The van der Waals surface area contributed by atoms with E-state index in [1.807, 2.05) is 12.1 Å². The van der Waals surface area contributed by atoms with Crippen LogP contribution in [0.4, 0.5) is 4.79 Å². The van der Waals surface area contributed by atoms with Gasteiger partial charge in [0.05, 0.1) is 17.1 Å². The van der Waals surface area contributed by atoms with Crippen LogP contribution in [0.5, 0.6) is 0 Å². The number of likely N-dealkylation sites (tertiary alicyclic amines) is 1. The molecule has 4 rings (SSSR count). The third-order valence-corrected chi connectivity index (χ3v) is 5.72. The van der Waals surface area contributed by atoms with Crippen LogP contribution in [0.1, 0.15) is 24.7 Å². The molecule has 2 heterocycles. The highest BCUT2D eigenvalue weighted by Crippen LogP contribution is 2.35. The lowest BCUT2D eigenvalue weighted by Gasteiger charge is -2.19. The highest BCUT2D eigenvalue weighted by atomic mass is 127. The number of rotatable bonds is 1. The van der Waals surface area contributed by atoms with E-state index in [1.165, 1.54) is 4.90 Å². The highest BCUT2D eigenvalue weighted by molar-refractivity contribution is 14.1. The third kappa shape index (κ3) is 2.50. The standard InChI is InChI=1S/C16H13BrIN3O2/c17-8-3-4-9-10(6-8)11(18)7-12-14(9)20-15(19-12)13-2-1-5-21(13)16(22)23/h3-4,6-7,13H,1-2,5H2,(H,19,20)(H,22,23). The molecule has 0 spiro atoms. The Balaban J connectivity index is 1.91. The number of hydrogen-bond donors (Lipinski definition) is 2. The highest BCUT2D eigenvalue weighted by Gasteiger charge is 2.32. The summed E-state index contributed by atoms with van der Waals surface area (Å²) in [6.07, 6.45) is 0.808. The molecule has 1 aliphatic heterocycles. The summed E-state index contributed by atoms with van der Waals surface area (Å²) in [5.41, 5.74) is 1.86. The summed E-state index contributed by atoms with van der Waals surface area (Å²) in [4.78, 5) is 20.9. The quantitative estimate of drug-likeness (QED) is 0.482. The molecule has 23 heavy (non-hydrogen) atoms. The van der Waals surface area contributed by atoms with Crippen LogP contribution in [0.2, 0.25) is 0 Å². The van der Waals surface area contributed by atoms with E-state index in [0.717, 1.165) is 48.5 Å². The second-order valence-corrected chi connectivity index (χ2v) is 7.78. The zero-order chi connectivity index (χ0) is 16.1. The first-order valence-corrected chi connectivity index (χ1v) is 9.18. The summed E-state index contributed by atoms with van der Waals surface area (Å²) in [5.74, 6) is 0.742. The van der Waals surface area contributed by atoms with E-state index in [4.69, 9.17) is 0 Å². The summed E-state index contributed by atoms with van der Waals surface area (Å²) >= 11 is 5.83. The van der Waals surface area contributed by atoms with Gasteiger partial charge in [0.2, 0.25) is 0 Å². The second kappa shape index (κ2) is 5.62. The Morgan fingerprint density at radius 1 is 1.39 bits per heavy atom. The SMILES string of the molecule is O=C(O)N1CCCC1c1nc2cc(I)c3cc(Br)ccc3c2[nH]1. The lowest BCUT2D eigenvalue weighted by molar-refractivity contribution is 0.139. The maximum atomic E-state index is 11.4. The molecule has 1 atom stereocenters. The molecule has 7 heteroatoms. The van der Waals surface area contributed by atoms with Crippen molar-refractivity contribution in [2.24, 2.45) is 0 Å². The summed E-state index contributed by atoms with van der Waals surface area (Å²) in [6, 6.07) is 8.04. The van der Waals surface area contributed by atoms with Crippen molar-refractivity contribution in [2.75, 3.05) is 6.54 Å². The van der Waals surface area contributed by atoms with Crippen molar-refractivity contribution in [3.8, 4) is 0 Å². The maximum absolute atomic E-state index is 11.4. The van der Waals surface area contributed by atoms with Gasteiger partial charge in [0.1, 0.15) is 5.82 Å². The van der Waals surface area contributed by atoms with Gasteiger partial charge in [-0.15, -0.1) is 0 Å². The topological polar surface area (TPSA) is 69.2 Å². The van der Waals surface area contributed by atoms with Gasteiger partial charge in [-0.25, -0.2) is 9.78 Å². The zero-order valence-corrected chi connectivity index (χ0v) is 15.8. The Hall–Kier alpha value is -1.35. The average Bonchev–Trinajstić information content (AvgIpc) is 3.13. The van der Waals surface area contributed by atoms with Crippen molar-refractivity contribution in [3.05, 3.63) is 38.1 Å². The molecular weight excluding hydrogens is 473 g/mol. The minimum absolute atomic E-state index is 0.178. The predicted octanol–water partition coefficient (Wildman–Crippen LogP) is 4.90. The number of aromatic nitrogens is 2. The monoisotopic (exact) mass is 485 g/mol. The molecule has 1 aliphatic rings. The molecule has 0 radical (unpaired) electrons. The number of nitrogens with one attached hydrogen (secondary N) is 1. The Bertz CT molecular complexity index is 940. The molecule has 1 saturated heterocycles. The number of imidazole rings is 1. The van der Waals surface area contributed by atoms with Gasteiger partial charge in [0.25, 0.3) is 0 Å². The summed E-state index contributed by atoms with van der Waals surface area (Å²) in [5, 5.41) is 11.6. The molecule has 118 valence electrons. The Labute approximate surface area is 154 Å². The number of H-pyrrole nitrogens is 1. The fraction of sp³-hybridized carbons (Fsp3) is 0.250. The first-order valence-electron chi connectivity index (χ1n) is 7.31. The molecule has 1 unspecified atom stereocenters. The van der Waals surface area contributed by atoms with Crippen LogP contribution in [-0.4, -0.2) is 32.6 Å². The lowest BCUT2D eigenvalue weighted by Crippen LogP contribution is -2.29. The van der Waals surface area contributed by atoms with Crippen molar-refractivity contribution in [1.29, 1.82) is 0 Å². The van der Waals surface area contributed by atoms with E-state index in [0.29, 0.717) is 6.54 Å². The van der Waals surface area contributed by atoms with Crippen molar-refractivity contribution in [1.82, 2.24) is 14.9 Å². The molecule has 0 bridgehead atoms. The molecule has 2 N–H and O–H groups in total. The van der Waals surface area contributed by atoms with Crippen LogP contribution < -0.4 is 0 Å². The van der Waals surface area contributed by atoms with Gasteiger partial charge >= 0.3 is 6.09 Å². The average molecular weight is 486 g/mol. The number of hydrogen-bond acceptors (Lipinski definition) is 2. The molecule has 2 aromatic carbocycles. The van der Waals surface area contributed by atoms with Crippen LogP contribution in [0, 0.1) is 3.57 Å².